The molecule has 2 fully saturated rings. The van der Waals surface area contributed by atoms with E-state index in [-0.39, 0.29) is 0 Å². The Hall–Kier alpha value is -0.820. The van der Waals surface area contributed by atoms with Gasteiger partial charge in [0.2, 0.25) is 0 Å². The van der Waals surface area contributed by atoms with Crippen molar-refractivity contribution in [1.29, 1.82) is 0 Å². The Morgan fingerprint density at radius 1 is 0.857 bits per heavy atom. The normalized spacial score (nSPS) is 41.8. The highest BCUT2D eigenvalue weighted by Crippen LogP contribution is 2.41. The lowest BCUT2D eigenvalue weighted by molar-refractivity contribution is 0.269. The largest absolute Gasteiger partial charge is 0.310 e. The molecule has 5 unspecified atom stereocenters. The molecule has 0 aromatic heterocycles. The third kappa shape index (κ3) is 2.44. The Bertz CT molecular complexity index is 475. The van der Waals surface area contributed by atoms with Crippen molar-refractivity contribution in [2.75, 3.05) is 0 Å². The van der Waals surface area contributed by atoms with Crippen LogP contribution in [0.5, 0.6) is 0 Å². The third-order valence-corrected chi connectivity index (χ3v) is 6.88. The average Bonchev–Trinajstić information content (AvgIpc) is 2.93. The Morgan fingerprint density at radius 3 is 2.00 bits per heavy atom. The third-order valence-electron chi connectivity index (χ3n) is 6.88. The second-order valence-electron chi connectivity index (χ2n) is 7.99. The van der Waals surface area contributed by atoms with Crippen molar-refractivity contribution < 1.29 is 0 Å². The van der Waals surface area contributed by atoms with Crippen LogP contribution in [0.25, 0.3) is 0 Å². The van der Waals surface area contributed by atoms with Crippen molar-refractivity contribution in [2.45, 2.75) is 64.5 Å². The lowest BCUT2D eigenvalue weighted by Crippen LogP contribution is -2.45. The van der Waals surface area contributed by atoms with E-state index in [0.717, 1.165) is 35.8 Å². The highest BCUT2D eigenvalue weighted by molar-refractivity contribution is 5.30. The van der Waals surface area contributed by atoms with Gasteiger partial charge in [0.1, 0.15) is 0 Å². The summed E-state index contributed by atoms with van der Waals surface area (Å²) in [6.45, 7) is 4.90. The van der Waals surface area contributed by atoms with Crippen LogP contribution in [0, 0.1) is 23.7 Å². The maximum absolute atomic E-state index is 4.13. The fraction of sp³-hybridized carbons (Fsp3) is 0.700. The van der Waals surface area contributed by atoms with E-state index in [1.165, 1.54) is 38.5 Å². The summed E-state index contributed by atoms with van der Waals surface area (Å²) in [7, 11) is 0. The minimum absolute atomic E-state index is 0.773. The van der Waals surface area contributed by atoms with Gasteiger partial charge in [-0.3, -0.25) is 0 Å². The summed E-state index contributed by atoms with van der Waals surface area (Å²) in [4.78, 5) is 0. The molecule has 5 atom stereocenters. The van der Waals surface area contributed by atoms with Gasteiger partial charge in [0.05, 0.1) is 0 Å². The van der Waals surface area contributed by atoms with Gasteiger partial charge >= 0.3 is 0 Å². The molecule has 0 amide bonds. The molecule has 0 heterocycles. The standard InChI is InChI=1S/C20H29N/c1-13-7-10-19(14(13)2)21-20-17-8-9-18(20)12-16-6-4-3-5-15(16)11-17/h3-6,13-14,17-21H,7-12H2,1-2H3. The molecule has 114 valence electrons. The number of nitrogens with one attached hydrogen (secondary N) is 1. The molecule has 2 bridgehead atoms. The summed E-state index contributed by atoms with van der Waals surface area (Å²) in [5, 5.41) is 4.13. The van der Waals surface area contributed by atoms with E-state index in [2.05, 4.69) is 43.4 Å². The fourth-order valence-corrected chi connectivity index (χ4v) is 5.27. The van der Waals surface area contributed by atoms with Crippen molar-refractivity contribution in [3.63, 3.8) is 0 Å². The lowest BCUT2D eigenvalue weighted by Gasteiger charge is -2.30. The van der Waals surface area contributed by atoms with E-state index < -0.39 is 0 Å². The van der Waals surface area contributed by atoms with Gasteiger partial charge in [-0.15, -0.1) is 0 Å². The lowest BCUT2D eigenvalue weighted by atomic mass is 9.91. The van der Waals surface area contributed by atoms with Gasteiger partial charge in [-0.2, -0.15) is 0 Å². The van der Waals surface area contributed by atoms with E-state index in [9.17, 15) is 0 Å². The molecular formula is C20H29N. The van der Waals surface area contributed by atoms with Gasteiger partial charge in [0.25, 0.3) is 0 Å². The summed E-state index contributed by atoms with van der Waals surface area (Å²) in [6.07, 6.45) is 8.30. The number of fused-ring (bicyclic) bond motifs is 3. The van der Waals surface area contributed by atoms with Crippen molar-refractivity contribution in [3.05, 3.63) is 35.4 Å². The molecule has 2 saturated carbocycles. The highest BCUT2D eigenvalue weighted by Gasteiger charge is 2.41. The number of benzene rings is 1. The van der Waals surface area contributed by atoms with Gasteiger partial charge < -0.3 is 5.32 Å². The zero-order chi connectivity index (χ0) is 14.4. The molecule has 0 spiro atoms. The molecule has 0 aliphatic heterocycles. The van der Waals surface area contributed by atoms with Gasteiger partial charge in [0.15, 0.2) is 0 Å². The van der Waals surface area contributed by atoms with Crippen LogP contribution in [0.2, 0.25) is 0 Å². The first kappa shape index (κ1) is 13.8. The molecule has 0 radical (unpaired) electrons. The zero-order valence-corrected chi connectivity index (χ0v) is 13.5. The first-order valence-corrected chi connectivity index (χ1v) is 9.05. The molecule has 21 heavy (non-hydrogen) atoms. The summed E-state index contributed by atoms with van der Waals surface area (Å²) in [5.41, 5.74) is 3.26. The van der Waals surface area contributed by atoms with Crippen LogP contribution >= 0.6 is 0 Å². The Morgan fingerprint density at radius 2 is 1.48 bits per heavy atom. The van der Waals surface area contributed by atoms with Gasteiger partial charge in [-0.1, -0.05) is 38.1 Å². The topological polar surface area (TPSA) is 12.0 Å². The van der Waals surface area contributed by atoms with Gasteiger partial charge in [-0.25, -0.2) is 0 Å². The summed E-state index contributed by atoms with van der Waals surface area (Å²) in [5.74, 6) is 3.52. The molecule has 0 saturated heterocycles. The molecule has 1 heteroatoms. The van der Waals surface area contributed by atoms with Crippen molar-refractivity contribution >= 4 is 0 Å². The minimum Gasteiger partial charge on any atom is -0.310 e. The summed E-state index contributed by atoms with van der Waals surface area (Å²) < 4.78 is 0. The Balaban J connectivity index is 1.53. The molecule has 1 nitrogen and oxygen atoms in total. The van der Waals surface area contributed by atoms with Crippen molar-refractivity contribution in [1.82, 2.24) is 5.32 Å². The first-order valence-electron chi connectivity index (χ1n) is 9.05. The smallest absolute Gasteiger partial charge is 0.0133 e. The van der Waals surface area contributed by atoms with Crippen molar-refractivity contribution in [2.24, 2.45) is 23.7 Å². The maximum Gasteiger partial charge on any atom is 0.0133 e. The summed E-state index contributed by atoms with van der Waals surface area (Å²) >= 11 is 0. The first-order chi connectivity index (χ1) is 10.2. The highest BCUT2D eigenvalue weighted by atomic mass is 15.0. The Kier molecular flexibility index (Phi) is 3.57. The fourth-order valence-electron chi connectivity index (χ4n) is 5.27. The maximum atomic E-state index is 4.13. The predicted molar refractivity (Wildman–Crippen MR) is 88.3 cm³/mol. The molecule has 1 aromatic rings. The SMILES string of the molecule is CC1CCC(NC2C3CCC2Cc2ccccc2C3)C1C. The van der Waals surface area contributed by atoms with Crippen LogP contribution in [0.1, 0.15) is 50.7 Å². The quantitative estimate of drug-likeness (QED) is 0.857. The number of hydrogen-bond acceptors (Lipinski definition) is 1. The zero-order valence-electron chi connectivity index (χ0n) is 13.5. The van der Waals surface area contributed by atoms with E-state index >= 15 is 0 Å². The van der Waals surface area contributed by atoms with Gasteiger partial charge in [-0.05, 0) is 73.3 Å². The van der Waals surface area contributed by atoms with Crippen LogP contribution < -0.4 is 5.32 Å². The minimum atomic E-state index is 0.773. The summed E-state index contributed by atoms with van der Waals surface area (Å²) in [6, 6.07) is 10.7. The molecule has 3 aliphatic carbocycles. The number of hydrogen-bond donors (Lipinski definition) is 1. The van der Waals surface area contributed by atoms with E-state index in [4.69, 9.17) is 0 Å². The number of rotatable bonds is 2. The van der Waals surface area contributed by atoms with Crippen LogP contribution in [-0.4, -0.2) is 12.1 Å². The van der Waals surface area contributed by atoms with Crippen LogP contribution in [-0.2, 0) is 12.8 Å². The molecule has 1 N–H and O–H groups in total. The molecule has 4 rings (SSSR count). The molecular weight excluding hydrogens is 254 g/mol. The Labute approximate surface area is 129 Å². The van der Waals surface area contributed by atoms with E-state index in [1.807, 2.05) is 0 Å². The average molecular weight is 283 g/mol. The van der Waals surface area contributed by atoms with Crippen LogP contribution in [0.3, 0.4) is 0 Å². The van der Waals surface area contributed by atoms with Gasteiger partial charge in [0, 0.05) is 12.1 Å². The monoisotopic (exact) mass is 283 g/mol. The molecule has 1 aromatic carbocycles. The van der Waals surface area contributed by atoms with E-state index in [0.29, 0.717) is 0 Å². The second kappa shape index (κ2) is 5.43. The second-order valence-corrected chi connectivity index (χ2v) is 7.99. The van der Waals surface area contributed by atoms with E-state index in [1.54, 1.807) is 11.1 Å². The predicted octanol–water partition coefficient (Wildman–Crippen LogP) is 4.20. The van der Waals surface area contributed by atoms with Crippen LogP contribution in [0.15, 0.2) is 24.3 Å². The van der Waals surface area contributed by atoms with Crippen LogP contribution in [0.4, 0.5) is 0 Å². The molecule has 3 aliphatic rings. The van der Waals surface area contributed by atoms with Crippen molar-refractivity contribution in [3.8, 4) is 0 Å².